The van der Waals surface area contributed by atoms with E-state index in [1.54, 1.807) is 0 Å². The minimum Gasteiger partial charge on any atom is -0.370 e. The highest BCUT2D eigenvalue weighted by atomic mass is 16.2. The van der Waals surface area contributed by atoms with Gasteiger partial charge in [-0.2, -0.15) is 0 Å². The van der Waals surface area contributed by atoms with E-state index in [2.05, 4.69) is 37.9 Å². The minimum atomic E-state index is -1.08. The Morgan fingerprint density at radius 1 is 0.535 bits per heavy atom. The van der Waals surface area contributed by atoms with Crippen molar-refractivity contribution in [1.29, 1.82) is 0 Å². The molecule has 246 valence electrons. The second-order valence-corrected chi connectivity index (χ2v) is 10.2. The van der Waals surface area contributed by atoms with Gasteiger partial charge in [-0.1, -0.05) is 32.6 Å². The predicted octanol–water partition coefficient (Wildman–Crippen LogP) is -2.55. The molecule has 0 aromatic rings. The number of amides is 4. The number of rotatable bonds is 24. The van der Waals surface area contributed by atoms with Gasteiger partial charge in [0, 0.05) is 26.1 Å². The normalized spacial score (nSPS) is 12.6. The number of guanidine groups is 3. The molecule has 0 heterocycles. The summed E-state index contributed by atoms with van der Waals surface area (Å²) in [6, 6.07) is -3.05. The number of primary amides is 1. The number of nitrogens with one attached hydrogen (secondary N) is 3. The Bertz CT molecular complexity index is 943. The lowest BCUT2D eigenvalue weighted by Crippen LogP contribution is -2.56. The summed E-state index contributed by atoms with van der Waals surface area (Å²) in [4.78, 5) is 63.0. The van der Waals surface area contributed by atoms with Crippen molar-refractivity contribution in [3.63, 3.8) is 0 Å². The van der Waals surface area contributed by atoms with Crippen molar-refractivity contribution in [2.45, 2.75) is 102 Å². The Labute approximate surface area is 253 Å². The molecule has 0 fully saturated rings. The van der Waals surface area contributed by atoms with Gasteiger partial charge in [-0.25, -0.2) is 0 Å². The van der Waals surface area contributed by atoms with Crippen LogP contribution < -0.4 is 56.1 Å². The molecule has 4 amide bonds. The molecule has 0 saturated heterocycles. The number of unbranched alkanes of at least 4 members (excludes halogenated alkanes) is 4. The molecule has 0 bridgehead atoms. The molecule has 0 aromatic heterocycles. The van der Waals surface area contributed by atoms with Crippen LogP contribution in [0.4, 0.5) is 0 Å². The molecule has 0 rings (SSSR count). The van der Waals surface area contributed by atoms with Gasteiger partial charge in [0.1, 0.15) is 18.1 Å². The van der Waals surface area contributed by atoms with Crippen LogP contribution in [0.25, 0.3) is 0 Å². The lowest BCUT2D eigenvalue weighted by Gasteiger charge is -2.25. The van der Waals surface area contributed by atoms with Crippen molar-refractivity contribution in [2.75, 3.05) is 19.6 Å². The van der Waals surface area contributed by atoms with Crippen molar-refractivity contribution in [3.05, 3.63) is 0 Å². The summed E-state index contributed by atoms with van der Waals surface area (Å²) in [6.07, 6.45) is 6.72. The first kappa shape index (κ1) is 38.7. The molecule has 0 aliphatic carbocycles. The third-order valence-electron chi connectivity index (χ3n) is 6.29. The minimum absolute atomic E-state index is 0.0862. The molecule has 3 atom stereocenters. The zero-order chi connectivity index (χ0) is 32.6. The van der Waals surface area contributed by atoms with Gasteiger partial charge in [-0.3, -0.25) is 34.2 Å². The van der Waals surface area contributed by atoms with Gasteiger partial charge in [-0.15, -0.1) is 0 Å². The van der Waals surface area contributed by atoms with Crippen LogP contribution in [0.1, 0.15) is 84.0 Å². The fourth-order valence-corrected chi connectivity index (χ4v) is 4.03. The number of hydrogen-bond acceptors (Lipinski definition) is 7. The SMILES string of the molecule is CCCCCCCC(=O)N[C@@H](CCCN=C(N)N)C(=O)N[C@@H](CCCN=C(N)N)C(=O)N[C@@H](CCCN=C(N)N)C(N)=O. The smallest absolute Gasteiger partial charge is 0.243 e. The highest BCUT2D eigenvalue weighted by Crippen LogP contribution is 2.08. The van der Waals surface area contributed by atoms with E-state index in [9.17, 15) is 19.2 Å². The molecule has 0 spiro atoms. The van der Waals surface area contributed by atoms with Gasteiger partial charge in [-0.05, 0) is 44.9 Å². The Morgan fingerprint density at radius 3 is 1.35 bits per heavy atom. The summed E-state index contributed by atoms with van der Waals surface area (Å²) in [7, 11) is 0. The average Bonchev–Trinajstić information content (AvgIpc) is 2.92. The van der Waals surface area contributed by atoms with E-state index in [-0.39, 0.29) is 69.1 Å². The van der Waals surface area contributed by atoms with Gasteiger partial charge in [0.05, 0.1) is 0 Å². The van der Waals surface area contributed by atoms with Crippen LogP contribution in [0.3, 0.4) is 0 Å². The van der Waals surface area contributed by atoms with Crippen LogP contribution in [-0.2, 0) is 19.2 Å². The van der Waals surface area contributed by atoms with E-state index in [1.807, 2.05) is 0 Å². The number of nitrogens with two attached hydrogens (primary N) is 7. The number of carbonyl (C=O) groups is 4. The highest BCUT2D eigenvalue weighted by Gasteiger charge is 2.28. The van der Waals surface area contributed by atoms with Gasteiger partial charge in [0.25, 0.3) is 0 Å². The van der Waals surface area contributed by atoms with Crippen LogP contribution in [0, 0.1) is 0 Å². The highest BCUT2D eigenvalue weighted by molar-refractivity contribution is 5.94. The molecular weight excluding hydrogens is 558 g/mol. The van der Waals surface area contributed by atoms with Crippen LogP contribution >= 0.6 is 0 Å². The zero-order valence-electron chi connectivity index (χ0n) is 25.4. The summed E-state index contributed by atoms with van der Waals surface area (Å²) < 4.78 is 0. The summed E-state index contributed by atoms with van der Waals surface area (Å²) in [5.41, 5.74) is 37.7. The van der Waals surface area contributed by atoms with E-state index in [0.29, 0.717) is 25.7 Å². The molecule has 0 radical (unpaired) electrons. The van der Waals surface area contributed by atoms with Gasteiger partial charge in [0.15, 0.2) is 17.9 Å². The van der Waals surface area contributed by atoms with Crippen LogP contribution in [0.2, 0.25) is 0 Å². The summed E-state index contributed by atoms with van der Waals surface area (Å²) in [5, 5.41) is 8.06. The van der Waals surface area contributed by atoms with Crippen molar-refractivity contribution in [3.8, 4) is 0 Å². The third-order valence-corrected chi connectivity index (χ3v) is 6.29. The van der Waals surface area contributed by atoms with E-state index in [0.717, 1.165) is 25.7 Å². The van der Waals surface area contributed by atoms with Crippen molar-refractivity contribution >= 4 is 41.5 Å². The molecule has 0 unspecified atom stereocenters. The molecule has 0 aliphatic heterocycles. The van der Waals surface area contributed by atoms with E-state index in [1.165, 1.54) is 0 Å². The molecule has 17 N–H and O–H groups in total. The summed E-state index contributed by atoms with van der Waals surface area (Å²) in [6.45, 7) is 2.80. The number of carbonyl (C=O) groups excluding carboxylic acids is 4. The Morgan fingerprint density at radius 2 is 0.930 bits per heavy atom. The largest absolute Gasteiger partial charge is 0.370 e. The molecule has 0 aromatic carbocycles. The fourth-order valence-electron chi connectivity index (χ4n) is 4.03. The second-order valence-electron chi connectivity index (χ2n) is 10.2. The monoisotopic (exact) mass is 611 g/mol. The first-order valence-corrected chi connectivity index (χ1v) is 14.7. The Balaban J connectivity index is 5.62. The number of hydrogen-bond donors (Lipinski definition) is 10. The van der Waals surface area contributed by atoms with E-state index >= 15 is 0 Å². The van der Waals surface area contributed by atoms with E-state index in [4.69, 9.17) is 40.1 Å². The van der Waals surface area contributed by atoms with Crippen molar-refractivity contribution in [2.24, 2.45) is 55.1 Å². The molecule has 0 aliphatic rings. The summed E-state index contributed by atoms with van der Waals surface area (Å²) >= 11 is 0. The van der Waals surface area contributed by atoms with Gasteiger partial charge < -0.3 is 56.1 Å². The van der Waals surface area contributed by atoms with Crippen molar-refractivity contribution in [1.82, 2.24) is 16.0 Å². The zero-order valence-corrected chi connectivity index (χ0v) is 25.4. The first-order valence-electron chi connectivity index (χ1n) is 14.7. The molecule has 17 nitrogen and oxygen atoms in total. The molecule has 0 saturated carbocycles. The Hall–Kier alpha value is -4.31. The maximum absolute atomic E-state index is 13.4. The molecule has 17 heteroatoms. The lowest BCUT2D eigenvalue weighted by atomic mass is 10.1. The number of nitrogens with zero attached hydrogens (tertiary/aromatic N) is 3. The van der Waals surface area contributed by atoms with Crippen molar-refractivity contribution < 1.29 is 19.2 Å². The summed E-state index contributed by atoms with van der Waals surface area (Å²) in [5.74, 6) is -2.54. The maximum Gasteiger partial charge on any atom is 0.243 e. The standard InChI is InChI=1S/C26H53N13O4/c1-2-3-4-5-6-13-20(40)37-18(11-8-15-35-25(30)31)22(42)39-19(12-9-16-36-26(32)33)23(43)38-17(21(27)41)10-7-14-34-24(28)29/h17-19H,2-16H2,1H3,(H2,27,41)(H,37,40)(H,38,43)(H,39,42)(H4,28,29,34)(H4,30,31,35)(H4,32,33,36)/t17-,18-,19-/m0/s1. The molecule has 43 heavy (non-hydrogen) atoms. The Kier molecular flexibility index (Phi) is 20.9. The van der Waals surface area contributed by atoms with E-state index < -0.39 is 35.8 Å². The third kappa shape index (κ3) is 21.1. The quantitative estimate of drug-likeness (QED) is 0.0309. The predicted molar refractivity (Wildman–Crippen MR) is 168 cm³/mol. The van der Waals surface area contributed by atoms with Crippen LogP contribution in [0.5, 0.6) is 0 Å². The van der Waals surface area contributed by atoms with Crippen LogP contribution in [0.15, 0.2) is 15.0 Å². The maximum atomic E-state index is 13.4. The number of aliphatic imine (C=N–C) groups is 3. The van der Waals surface area contributed by atoms with Gasteiger partial charge >= 0.3 is 0 Å². The van der Waals surface area contributed by atoms with Crippen LogP contribution in [-0.4, -0.2) is 79.3 Å². The van der Waals surface area contributed by atoms with Gasteiger partial charge in [0.2, 0.25) is 23.6 Å². The fraction of sp³-hybridized carbons (Fsp3) is 0.731. The lowest BCUT2D eigenvalue weighted by molar-refractivity contribution is -0.133. The average molecular weight is 612 g/mol. The molecular formula is C26H53N13O4. The second kappa shape index (κ2) is 23.3. The topological polar surface area (TPSA) is 324 Å². The first-order chi connectivity index (χ1) is 20.4.